The van der Waals surface area contributed by atoms with Crippen LogP contribution in [0.1, 0.15) is 32.6 Å². The Labute approximate surface area is 201 Å². The minimum atomic E-state index is -2.79. The molecule has 2 aliphatic heterocycles. The van der Waals surface area contributed by atoms with E-state index in [0.29, 0.717) is 12.0 Å². The Balaban J connectivity index is 0.00000341. The van der Waals surface area contributed by atoms with Gasteiger partial charge in [0, 0.05) is 44.5 Å². The van der Waals surface area contributed by atoms with E-state index in [2.05, 4.69) is 39.1 Å². The van der Waals surface area contributed by atoms with Crippen molar-refractivity contribution >= 4 is 35.6 Å². The number of anilines is 1. The second kappa shape index (κ2) is 13.2. The molecule has 0 spiro atoms. The molecule has 2 heterocycles. The molecule has 0 amide bonds. The van der Waals surface area contributed by atoms with Gasteiger partial charge in [0.05, 0.1) is 0 Å². The van der Waals surface area contributed by atoms with Crippen molar-refractivity contribution in [2.75, 3.05) is 51.2 Å². The number of nitrogens with zero attached hydrogens (tertiary/aromatic N) is 3. The summed E-state index contributed by atoms with van der Waals surface area (Å²) in [5.74, 6) is 1.70. The van der Waals surface area contributed by atoms with Crippen molar-refractivity contribution in [3.05, 3.63) is 24.3 Å². The average Bonchev–Trinajstić information content (AvgIpc) is 2.73. The van der Waals surface area contributed by atoms with E-state index in [1.165, 1.54) is 19.4 Å². The number of ether oxygens (including phenoxy) is 1. The lowest BCUT2D eigenvalue weighted by Crippen LogP contribution is -2.51. The predicted molar refractivity (Wildman–Crippen MR) is 133 cm³/mol. The molecule has 0 saturated carbocycles. The topological polar surface area (TPSA) is 52.1 Å². The van der Waals surface area contributed by atoms with Crippen molar-refractivity contribution in [2.45, 2.75) is 45.3 Å². The predicted octanol–water partition coefficient (Wildman–Crippen LogP) is 3.77. The third-order valence-corrected chi connectivity index (χ3v) is 5.76. The minimum absolute atomic E-state index is 0. The van der Waals surface area contributed by atoms with E-state index in [1.807, 2.05) is 12.1 Å². The quantitative estimate of drug-likeness (QED) is 0.307. The van der Waals surface area contributed by atoms with Crippen LogP contribution in [-0.4, -0.2) is 69.8 Å². The zero-order valence-electron chi connectivity index (χ0n) is 18.5. The first-order chi connectivity index (χ1) is 14.5. The summed E-state index contributed by atoms with van der Waals surface area (Å²) in [5, 5.41) is 6.98. The molecule has 1 aromatic carbocycles. The molecule has 176 valence electrons. The van der Waals surface area contributed by atoms with Crippen LogP contribution in [0.2, 0.25) is 0 Å². The van der Waals surface area contributed by atoms with Crippen LogP contribution in [0.15, 0.2) is 29.3 Å². The zero-order chi connectivity index (χ0) is 21.3. The number of aliphatic imine (C=N–C) groups is 1. The van der Waals surface area contributed by atoms with Gasteiger partial charge in [-0.25, -0.2) is 0 Å². The standard InChI is InChI=1S/C22H35F2N5O.HI/c1-3-25-22(26-14-17-6-4-12-28(2)15-17)27-18-7-5-13-29(16-18)19-8-10-20(11-9-19)30-21(23)24;/h8-11,17-18,21H,3-7,12-16H2,1-2H3,(H2,25,26,27);1H. The fourth-order valence-corrected chi connectivity index (χ4v) is 4.32. The Morgan fingerprint density at radius 1 is 1.16 bits per heavy atom. The fourth-order valence-electron chi connectivity index (χ4n) is 4.32. The van der Waals surface area contributed by atoms with Crippen molar-refractivity contribution < 1.29 is 13.5 Å². The minimum Gasteiger partial charge on any atom is -0.435 e. The number of nitrogens with one attached hydrogen (secondary N) is 2. The molecular formula is C22H36F2IN5O. The SMILES string of the molecule is CCNC(=NCC1CCCN(C)C1)NC1CCCN(c2ccc(OC(F)F)cc2)C1.I. The molecule has 0 bridgehead atoms. The average molecular weight is 551 g/mol. The molecule has 0 aromatic heterocycles. The number of benzene rings is 1. The van der Waals surface area contributed by atoms with Gasteiger partial charge in [-0.2, -0.15) is 8.78 Å². The van der Waals surface area contributed by atoms with Gasteiger partial charge in [-0.05, 0) is 76.4 Å². The van der Waals surface area contributed by atoms with Gasteiger partial charge in [-0.3, -0.25) is 4.99 Å². The largest absolute Gasteiger partial charge is 0.435 e. The molecule has 2 saturated heterocycles. The van der Waals surface area contributed by atoms with Crippen molar-refractivity contribution in [2.24, 2.45) is 10.9 Å². The number of hydrogen-bond acceptors (Lipinski definition) is 4. The monoisotopic (exact) mass is 551 g/mol. The van der Waals surface area contributed by atoms with Crippen molar-refractivity contribution in [1.82, 2.24) is 15.5 Å². The van der Waals surface area contributed by atoms with Crippen LogP contribution in [0.5, 0.6) is 5.75 Å². The van der Waals surface area contributed by atoms with Crippen LogP contribution >= 0.6 is 24.0 Å². The summed E-state index contributed by atoms with van der Waals surface area (Å²) in [6.45, 7) is 5.08. The van der Waals surface area contributed by atoms with Crippen molar-refractivity contribution in [1.29, 1.82) is 0 Å². The summed E-state index contributed by atoms with van der Waals surface area (Å²) < 4.78 is 29.2. The Kier molecular flexibility index (Phi) is 11.1. The molecule has 3 rings (SSSR count). The van der Waals surface area contributed by atoms with Gasteiger partial charge >= 0.3 is 6.61 Å². The Morgan fingerprint density at radius 3 is 2.58 bits per heavy atom. The summed E-state index contributed by atoms with van der Waals surface area (Å²) in [6.07, 6.45) is 4.65. The van der Waals surface area contributed by atoms with E-state index in [1.54, 1.807) is 12.1 Å². The molecule has 1 aromatic rings. The number of hydrogen-bond donors (Lipinski definition) is 2. The van der Waals surface area contributed by atoms with E-state index < -0.39 is 6.61 Å². The Hall–Kier alpha value is -1.36. The number of piperidine rings is 2. The van der Waals surface area contributed by atoms with Crippen LogP contribution in [0.4, 0.5) is 14.5 Å². The third-order valence-electron chi connectivity index (χ3n) is 5.76. The molecule has 2 unspecified atom stereocenters. The number of halogens is 3. The maximum absolute atomic E-state index is 12.4. The molecule has 31 heavy (non-hydrogen) atoms. The lowest BCUT2D eigenvalue weighted by atomic mass is 9.99. The van der Waals surface area contributed by atoms with E-state index >= 15 is 0 Å². The maximum Gasteiger partial charge on any atom is 0.387 e. The van der Waals surface area contributed by atoms with Crippen LogP contribution in [0.25, 0.3) is 0 Å². The summed E-state index contributed by atoms with van der Waals surface area (Å²) in [6, 6.07) is 7.19. The van der Waals surface area contributed by atoms with Gasteiger partial charge < -0.3 is 25.2 Å². The number of likely N-dealkylation sites (tertiary alicyclic amines) is 1. The van der Waals surface area contributed by atoms with Crippen LogP contribution in [0, 0.1) is 5.92 Å². The van der Waals surface area contributed by atoms with Crippen LogP contribution < -0.4 is 20.3 Å². The van der Waals surface area contributed by atoms with E-state index in [9.17, 15) is 8.78 Å². The smallest absolute Gasteiger partial charge is 0.387 e. The van der Waals surface area contributed by atoms with Gasteiger partial charge in [0.2, 0.25) is 0 Å². The summed E-state index contributed by atoms with van der Waals surface area (Å²) >= 11 is 0. The van der Waals surface area contributed by atoms with E-state index in [0.717, 1.165) is 57.2 Å². The molecule has 2 fully saturated rings. The van der Waals surface area contributed by atoms with Gasteiger partial charge in [0.25, 0.3) is 0 Å². The molecule has 0 radical (unpaired) electrons. The first kappa shape index (κ1) is 25.9. The summed E-state index contributed by atoms with van der Waals surface area (Å²) in [4.78, 5) is 9.54. The van der Waals surface area contributed by atoms with Gasteiger partial charge in [-0.1, -0.05) is 0 Å². The Bertz CT molecular complexity index is 676. The summed E-state index contributed by atoms with van der Waals surface area (Å²) in [5.41, 5.74) is 1.02. The molecule has 2 N–H and O–H groups in total. The van der Waals surface area contributed by atoms with Crippen LogP contribution in [0.3, 0.4) is 0 Å². The molecule has 2 atom stereocenters. The first-order valence-electron chi connectivity index (χ1n) is 11.1. The highest BCUT2D eigenvalue weighted by Crippen LogP contribution is 2.24. The fraction of sp³-hybridized carbons (Fsp3) is 0.682. The third kappa shape index (κ3) is 8.59. The zero-order valence-corrected chi connectivity index (χ0v) is 20.9. The highest BCUT2D eigenvalue weighted by molar-refractivity contribution is 14.0. The highest BCUT2D eigenvalue weighted by atomic mass is 127. The first-order valence-corrected chi connectivity index (χ1v) is 11.1. The molecule has 9 heteroatoms. The van der Waals surface area contributed by atoms with E-state index in [-0.39, 0.29) is 29.7 Å². The van der Waals surface area contributed by atoms with Crippen molar-refractivity contribution in [3.8, 4) is 5.75 Å². The number of alkyl halides is 2. The van der Waals surface area contributed by atoms with Gasteiger partial charge in [-0.15, -0.1) is 24.0 Å². The molecule has 2 aliphatic rings. The van der Waals surface area contributed by atoms with Crippen LogP contribution in [-0.2, 0) is 0 Å². The lowest BCUT2D eigenvalue weighted by Gasteiger charge is -2.35. The second-order valence-electron chi connectivity index (χ2n) is 8.29. The maximum atomic E-state index is 12.4. The van der Waals surface area contributed by atoms with Gasteiger partial charge in [0.15, 0.2) is 5.96 Å². The second-order valence-corrected chi connectivity index (χ2v) is 8.29. The number of guanidine groups is 1. The highest BCUT2D eigenvalue weighted by Gasteiger charge is 2.22. The van der Waals surface area contributed by atoms with Gasteiger partial charge in [0.1, 0.15) is 5.75 Å². The molecular weight excluding hydrogens is 515 g/mol. The molecule has 6 nitrogen and oxygen atoms in total. The van der Waals surface area contributed by atoms with E-state index in [4.69, 9.17) is 4.99 Å². The van der Waals surface area contributed by atoms with Crippen molar-refractivity contribution in [3.63, 3.8) is 0 Å². The normalized spacial score (nSPS) is 22.7. The Morgan fingerprint density at radius 2 is 1.90 bits per heavy atom. The number of rotatable bonds is 7. The summed E-state index contributed by atoms with van der Waals surface area (Å²) in [7, 11) is 2.18. The molecule has 0 aliphatic carbocycles. The lowest BCUT2D eigenvalue weighted by molar-refractivity contribution is -0.0498.